The van der Waals surface area contributed by atoms with Crippen LogP contribution in [0.5, 0.6) is 11.5 Å². The van der Waals surface area contributed by atoms with E-state index in [0.29, 0.717) is 22.7 Å². The number of carbonyl (C=O) groups excluding carboxylic acids is 2. The number of rotatable bonds is 5. The van der Waals surface area contributed by atoms with E-state index in [1.165, 1.54) is 18.1 Å². The third-order valence-electron chi connectivity index (χ3n) is 6.32. The Hall–Kier alpha value is -3.77. The van der Waals surface area contributed by atoms with Crippen molar-refractivity contribution in [3.05, 3.63) is 94.0 Å². The lowest BCUT2D eigenvalue weighted by Gasteiger charge is -2.27. The number of hydrogen-bond donors (Lipinski definition) is 1. The van der Waals surface area contributed by atoms with E-state index in [4.69, 9.17) is 21.1 Å². The van der Waals surface area contributed by atoms with Crippen molar-refractivity contribution in [2.45, 2.75) is 32.2 Å². The molecule has 0 aliphatic carbocycles. The number of carbonyl (C=O) groups is 2. The summed E-state index contributed by atoms with van der Waals surface area (Å²) in [5.41, 5.74) is 2.36. The summed E-state index contributed by atoms with van der Waals surface area (Å²) in [6, 6.07) is 18.5. The van der Waals surface area contributed by atoms with Crippen molar-refractivity contribution in [2.24, 2.45) is 0 Å². The van der Waals surface area contributed by atoms with Crippen LogP contribution in [-0.4, -0.2) is 31.0 Å². The first kappa shape index (κ1) is 25.3. The fourth-order valence-electron chi connectivity index (χ4n) is 4.28. The Morgan fingerprint density at radius 2 is 1.47 bits per heavy atom. The zero-order valence-electron chi connectivity index (χ0n) is 20.8. The van der Waals surface area contributed by atoms with Gasteiger partial charge in [-0.1, -0.05) is 56.6 Å². The number of anilines is 1. The molecule has 36 heavy (non-hydrogen) atoms. The number of ether oxygens (including phenoxy) is 2. The fourth-order valence-corrected chi connectivity index (χ4v) is 4.49. The van der Waals surface area contributed by atoms with Gasteiger partial charge in [-0.05, 0) is 59.0 Å². The number of amides is 1. The Kier molecular flexibility index (Phi) is 6.83. The Morgan fingerprint density at radius 1 is 0.889 bits per heavy atom. The van der Waals surface area contributed by atoms with Gasteiger partial charge in [0, 0.05) is 11.3 Å². The molecule has 1 aliphatic heterocycles. The standard InChI is InChI=1S/C29H28ClNO5/c1-29(2,3)18-8-6-17(7-9-18)25-24(26(32)22-16-21(36-5)14-15-23(22)30)27(33)28(34)31(25)19-10-12-20(35-4)13-11-19/h6-16,25,32H,1-5H3/b26-24+. The number of benzene rings is 3. The molecule has 7 heteroatoms. The first-order valence-corrected chi connectivity index (χ1v) is 11.8. The van der Waals surface area contributed by atoms with Gasteiger partial charge in [-0.3, -0.25) is 14.5 Å². The maximum absolute atomic E-state index is 13.4. The highest BCUT2D eigenvalue weighted by atomic mass is 35.5. The van der Waals surface area contributed by atoms with E-state index >= 15 is 0 Å². The first-order chi connectivity index (χ1) is 17.1. The number of Topliss-reactive ketones (excluding diaryl/α,β-unsaturated/α-hetero) is 1. The molecule has 0 bridgehead atoms. The zero-order valence-corrected chi connectivity index (χ0v) is 21.6. The summed E-state index contributed by atoms with van der Waals surface area (Å²) in [7, 11) is 3.04. The predicted octanol–water partition coefficient (Wildman–Crippen LogP) is 6.28. The largest absolute Gasteiger partial charge is 0.507 e. The minimum Gasteiger partial charge on any atom is -0.507 e. The normalized spacial score (nSPS) is 17.4. The van der Waals surface area contributed by atoms with Crippen molar-refractivity contribution in [1.82, 2.24) is 0 Å². The zero-order chi connectivity index (χ0) is 26.2. The summed E-state index contributed by atoms with van der Waals surface area (Å²) in [6.45, 7) is 6.32. The molecule has 4 rings (SSSR count). The van der Waals surface area contributed by atoms with Gasteiger partial charge in [0.15, 0.2) is 0 Å². The third kappa shape index (κ3) is 4.56. The second-order valence-corrected chi connectivity index (χ2v) is 9.99. The van der Waals surface area contributed by atoms with Crippen molar-refractivity contribution >= 4 is 34.7 Å². The number of hydrogen-bond acceptors (Lipinski definition) is 5. The smallest absolute Gasteiger partial charge is 0.300 e. The number of ketones is 1. The van der Waals surface area contributed by atoms with Gasteiger partial charge in [-0.2, -0.15) is 0 Å². The van der Waals surface area contributed by atoms with Gasteiger partial charge in [0.25, 0.3) is 11.7 Å². The van der Waals surface area contributed by atoms with Gasteiger partial charge in [-0.15, -0.1) is 0 Å². The van der Waals surface area contributed by atoms with Crippen LogP contribution in [0.4, 0.5) is 5.69 Å². The highest BCUT2D eigenvalue weighted by Crippen LogP contribution is 2.44. The summed E-state index contributed by atoms with van der Waals surface area (Å²) in [5.74, 6) is -0.836. The molecule has 186 valence electrons. The van der Waals surface area contributed by atoms with Crippen molar-refractivity contribution in [2.75, 3.05) is 19.1 Å². The second kappa shape index (κ2) is 9.70. The molecule has 6 nitrogen and oxygen atoms in total. The van der Waals surface area contributed by atoms with E-state index in [1.807, 2.05) is 24.3 Å². The lowest BCUT2D eigenvalue weighted by atomic mass is 9.85. The summed E-state index contributed by atoms with van der Waals surface area (Å²) in [6.07, 6.45) is 0. The molecule has 1 heterocycles. The molecule has 1 fully saturated rings. The summed E-state index contributed by atoms with van der Waals surface area (Å²) < 4.78 is 10.5. The van der Waals surface area contributed by atoms with Gasteiger partial charge in [-0.25, -0.2) is 0 Å². The van der Waals surface area contributed by atoms with E-state index < -0.39 is 17.7 Å². The van der Waals surface area contributed by atoms with Gasteiger partial charge in [0.2, 0.25) is 0 Å². The number of halogens is 1. The topological polar surface area (TPSA) is 76.1 Å². The van der Waals surface area contributed by atoms with E-state index in [2.05, 4.69) is 20.8 Å². The van der Waals surface area contributed by atoms with Crippen molar-refractivity contribution in [1.29, 1.82) is 0 Å². The molecular formula is C29H28ClNO5. The Balaban J connectivity index is 1.94. The maximum Gasteiger partial charge on any atom is 0.300 e. The molecule has 1 amide bonds. The van der Waals surface area contributed by atoms with Gasteiger partial charge in [0.05, 0.1) is 30.9 Å². The average Bonchev–Trinajstić information content (AvgIpc) is 3.13. The quantitative estimate of drug-likeness (QED) is 0.251. The summed E-state index contributed by atoms with van der Waals surface area (Å²) >= 11 is 6.39. The van der Waals surface area contributed by atoms with E-state index in [9.17, 15) is 14.7 Å². The highest BCUT2D eigenvalue weighted by Gasteiger charge is 2.47. The van der Waals surface area contributed by atoms with Crippen LogP contribution >= 0.6 is 11.6 Å². The minimum absolute atomic E-state index is 0.0468. The van der Waals surface area contributed by atoms with Gasteiger partial charge < -0.3 is 14.6 Å². The van der Waals surface area contributed by atoms with E-state index in [0.717, 1.165) is 5.56 Å². The first-order valence-electron chi connectivity index (χ1n) is 11.5. The lowest BCUT2D eigenvalue weighted by molar-refractivity contribution is -0.132. The van der Waals surface area contributed by atoms with Gasteiger partial charge in [0.1, 0.15) is 17.3 Å². The van der Waals surface area contributed by atoms with E-state index in [-0.39, 0.29) is 27.3 Å². The SMILES string of the molecule is COc1ccc(N2C(=O)C(=O)/C(=C(/O)c3cc(OC)ccc3Cl)C2c2ccc(C(C)(C)C)cc2)cc1. The molecule has 0 radical (unpaired) electrons. The highest BCUT2D eigenvalue weighted by molar-refractivity contribution is 6.52. The molecule has 1 aliphatic rings. The number of aliphatic hydroxyl groups is 1. The molecule has 1 saturated heterocycles. The molecule has 0 saturated carbocycles. The summed E-state index contributed by atoms with van der Waals surface area (Å²) in [4.78, 5) is 28.2. The van der Waals surface area contributed by atoms with E-state index in [1.54, 1.807) is 43.5 Å². The van der Waals surface area contributed by atoms with Crippen LogP contribution in [0.1, 0.15) is 43.5 Å². The number of methoxy groups -OCH3 is 2. The molecule has 1 atom stereocenters. The molecule has 3 aromatic carbocycles. The molecule has 3 aromatic rings. The molecule has 1 N–H and O–H groups in total. The van der Waals surface area contributed by atoms with Crippen LogP contribution in [0.2, 0.25) is 5.02 Å². The monoisotopic (exact) mass is 505 g/mol. The van der Waals surface area contributed by atoms with Crippen molar-refractivity contribution in [3.8, 4) is 11.5 Å². The van der Waals surface area contributed by atoms with Crippen LogP contribution in [0, 0.1) is 0 Å². The predicted molar refractivity (Wildman–Crippen MR) is 141 cm³/mol. The van der Waals surface area contributed by atoms with Crippen molar-refractivity contribution in [3.63, 3.8) is 0 Å². The van der Waals surface area contributed by atoms with Crippen LogP contribution < -0.4 is 14.4 Å². The second-order valence-electron chi connectivity index (χ2n) is 9.58. The Morgan fingerprint density at radius 3 is 2.03 bits per heavy atom. The number of nitrogens with zero attached hydrogens (tertiary/aromatic N) is 1. The number of aliphatic hydroxyl groups excluding tert-OH is 1. The molecule has 0 aromatic heterocycles. The summed E-state index contributed by atoms with van der Waals surface area (Å²) in [5, 5.41) is 11.6. The maximum atomic E-state index is 13.4. The van der Waals surface area contributed by atoms with Crippen LogP contribution in [0.25, 0.3) is 5.76 Å². The third-order valence-corrected chi connectivity index (χ3v) is 6.65. The minimum atomic E-state index is -0.866. The Labute approximate surface area is 215 Å². The Bertz CT molecular complexity index is 1340. The molecular weight excluding hydrogens is 478 g/mol. The molecule has 0 spiro atoms. The van der Waals surface area contributed by atoms with Crippen molar-refractivity contribution < 1.29 is 24.2 Å². The van der Waals surface area contributed by atoms with Crippen LogP contribution in [-0.2, 0) is 15.0 Å². The molecule has 1 unspecified atom stereocenters. The van der Waals surface area contributed by atoms with Crippen LogP contribution in [0.15, 0.2) is 72.3 Å². The van der Waals surface area contributed by atoms with Gasteiger partial charge >= 0.3 is 0 Å². The average molecular weight is 506 g/mol. The van der Waals surface area contributed by atoms with Crippen LogP contribution in [0.3, 0.4) is 0 Å². The lowest BCUT2D eigenvalue weighted by Crippen LogP contribution is -2.29. The fraction of sp³-hybridized carbons (Fsp3) is 0.241.